The Hall–Kier alpha value is -2.57. The molecule has 0 spiro atoms. The molecule has 2 aromatic carbocycles. The summed E-state index contributed by atoms with van der Waals surface area (Å²) in [5.41, 5.74) is 2.46. The summed E-state index contributed by atoms with van der Waals surface area (Å²) >= 11 is 0. The van der Waals surface area contributed by atoms with Gasteiger partial charge in [-0.1, -0.05) is 42.5 Å². The first kappa shape index (κ1) is 24.6. The number of amides is 1. The van der Waals surface area contributed by atoms with E-state index in [2.05, 4.69) is 51.5 Å². The molecule has 184 valence electrons. The second-order valence-electron chi connectivity index (χ2n) is 9.33. The molecule has 2 aliphatic heterocycles. The van der Waals surface area contributed by atoms with Crippen LogP contribution in [0.1, 0.15) is 50.2 Å². The van der Waals surface area contributed by atoms with Crippen molar-refractivity contribution >= 4 is 5.91 Å². The third-order valence-corrected chi connectivity index (χ3v) is 6.79. The van der Waals surface area contributed by atoms with Gasteiger partial charge in [0.05, 0.1) is 19.8 Å². The van der Waals surface area contributed by atoms with Crippen molar-refractivity contribution in [2.24, 2.45) is 0 Å². The molecule has 2 aliphatic rings. The van der Waals surface area contributed by atoms with Gasteiger partial charge in [0.2, 0.25) is 5.91 Å². The predicted octanol–water partition coefficient (Wildman–Crippen LogP) is 4.23. The zero-order valence-corrected chi connectivity index (χ0v) is 20.5. The van der Waals surface area contributed by atoms with Crippen LogP contribution in [0.5, 0.6) is 11.5 Å². The Morgan fingerprint density at radius 2 is 1.82 bits per heavy atom. The number of rotatable bonds is 5. The molecular weight excluding hydrogens is 426 g/mol. The third-order valence-electron chi connectivity index (χ3n) is 6.79. The molecule has 0 bridgehead atoms. The normalized spacial score (nSPS) is 19.6. The number of piperidine rings is 1. The van der Waals surface area contributed by atoms with Gasteiger partial charge in [0, 0.05) is 31.2 Å². The molecule has 1 amide bonds. The van der Waals surface area contributed by atoms with E-state index in [4.69, 9.17) is 9.47 Å². The highest BCUT2D eigenvalue weighted by molar-refractivity contribution is 5.78. The van der Waals surface area contributed by atoms with Gasteiger partial charge in [-0.25, -0.2) is 0 Å². The fourth-order valence-electron chi connectivity index (χ4n) is 4.98. The summed E-state index contributed by atoms with van der Waals surface area (Å²) in [4.78, 5) is 17.7. The van der Waals surface area contributed by atoms with Crippen molar-refractivity contribution in [3.05, 3.63) is 59.7 Å². The number of benzene rings is 2. The zero-order chi connectivity index (χ0) is 23.6. The van der Waals surface area contributed by atoms with Crippen LogP contribution >= 0.6 is 0 Å². The van der Waals surface area contributed by atoms with Gasteiger partial charge in [-0.3, -0.25) is 14.6 Å². The van der Waals surface area contributed by atoms with Crippen LogP contribution in [0.4, 0.5) is 0 Å². The van der Waals surface area contributed by atoms with E-state index in [1.54, 1.807) is 0 Å². The van der Waals surface area contributed by atoms with Crippen molar-refractivity contribution in [1.29, 1.82) is 0 Å². The highest BCUT2D eigenvalue weighted by Gasteiger charge is 2.27. The molecule has 6 nitrogen and oxygen atoms in total. The zero-order valence-electron chi connectivity index (χ0n) is 20.5. The predicted molar refractivity (Wildman–Crippen MR) is 135 cm³/mol. The number of carbonyl (C=O) groups excluding carboxylic acids is 1. The molecule has 34 heavy (non-hydrogen) atoms. The molecule has 4 rings (SSSR count). The number of para-hydroxylation sites is 1. The first-order valence-electron chi connectivity index (χ1n) is 12.9. The van der Waals surface area contributed by atoms with Crippen molar-refractivity contribution in [3.63, 3.8) is 0 Å². The SMILES string of the molecule is CCOc1cccc2c1OCCCCCNC(=O)CN(C1CCN(Cc3ccccc3)CC1)C2. The van der Waals surface area contributed by atoms with Crippen LogP contribution in [-0.4, -0.2) is 61.1 Å². The number of likely N-dealkylation sites (tertiary alicyclic amines) is 1. The van der Waals surface area contributed by atoms with Gasteiger partial charge in [0.15, 0.2) is 11.5 Å². The van der Waals surface area contributed by atoms with Crippen LogP contribution in [-0.2, 0) is 17.9 Å². The Bertz CT molecular complexity index is 897. The van der Waals surface area contributed by atoms with Crippen molar-refractivity contribution in [1.82, 2.24) is 15.1 Å². The minimum absolute atomic E-state index is 0.120. The molecule has 0 aliphatic carbocycles. The van der Waals surface area contributed by atoms with Gasteiger partial charge < -0.3 is 14.8 Å². The number of nitrogens with zero attached hydrogens (tertiary/aromatic N) is 2. The van der Waals surface area contributed by atoms with E-state index >= 15 is 0 Å². The summed E-state index contributed by atoms with van der Waals surface area (Å²) in [7, 11) is 0. The Labute approximate surface area is 204 Å². The number of carbonyl (C=O) groups is 1. The summed E-state index contributed by atoms with van der Waals surface area (Å²) in [6.45, 7) is 8.18. The molecule has 1 fully saturated rings. The molecule has 0 aromatic heterocycles. The standard InChI is InChI=1S/C28H39N3O3/c1-2-33-26-13-9-12-24-21-31(22-27(32)29-16-7-4-8-19-34-28(24)26)25-14-17-30(18-15-25)20-23-10-5-3-6-11-23/h3,5-6,9-13,25H,2,4,7-8,14-22H2,1H3,(H,29,32). The van der Waals surface area contributed by atoms with E-state index in [0.29, 0.717) is 32.3 Å². The highest BCUT2D eigenvalue weighted by atomic mass is 16.5. The molecule has 2 aromatic rings. The Balaban J connectivity index is 1.49. The van der Waals surface area contributed by atoms with Crippen molar-refractivity contribution < 1.29 is 14.3 Å². The molecular formula is C28H39N3O3. The van der Waals surface area contributed by atoms with Crippen LogP contribution in [0.3, 0.4) is 0 Å². The van der Waals surface area contributed by atoms with E-state index in [1.165, 1.54) is 5.56 Å². The van der Waals surface area contributed by atoms with Crippen LogP contribution in [0, 0.1) is 0 Å². The lowest BCUT2D eigenvalue weighted by molar-refractivity contribution is -0.123. The molecule has 0 unspecified atom stereocenters. The fourth-order valence-corrected chi connectivity index (χ4v) is 4.98. The summed E-state index contributed by atoms with van der Waals surface area (Å²) in [5, 5.41) is 3.13. The average Bonchev–Trinajstić information content (AvgIpc) is 2.87. The third kappa shape index (κ3) is 6.97. The number of hydrogen-bond acceptors (Lipinski definition) is 5. The van der Waals surface area contributed by atoms with Crippen LogP contribution in [0.2, 0.25) is 0 Å². The van der Waals surface area contributed by atoms with Gasteiger partial charge in [-0.15, -0.1) is 0 Å². The maximum Gasteiger partial charge on any atom is 0.234 e. The maximum absolute atomic E-state index is 12.8. The molecule has 0 atom stereocenters. The van der Waals surface area contributed by atoms with Crippen LogP contribution in [0.15, 0.2) is 48.5 Å². The van der Waals surface area contributed by atoms with Crippen molar-refractivity contribution in [2.75, 3.05) is 39.4 Å². The molecule has 6 heteroatoms. The lowest BCUT2D eigenvalue weighted by Crippen LogP contribution is -2.48. The van der Waals surface area contributed by atoms with E-state index < -0.39 is 0 Å². The Morgan fingerprint density at radius 3 is 2.62 bits per heavy atom. The number of hydrogen-bond donors (Lipinski definition) is 1. The lowest BCUT2D eigenvalue weighted by Gasteiger charge is -2.38. The summed E-state index contributed by atoms with van der Waals surface area (Å²) in [6, 6.07) is 17.2. The van der Waals surface area contributed by atoms with Gasteiger partial charge in [0.25, 0.3) is 0 Å². The van der Waals surface area contributed by atoms with E-state index in [9.17, 15) is 4.79 Å². The van der Waals surface area contributed by atoms with Crippen LogP contribution in [0.25, 0.3) is 0 Å². The highest BCUT2D eigenvalue weighted by Crippen LogP contribution is 2.33. The minimum atomic E-state index is 0.120. The molecule has 0 saturated carbocycles. The molecule has 1 N–H and O–H groups in total. The summed E-state index contributed by atoms with van der Waals surface area (Å²) < 4.78 is 12.2. The monoisotopic (exact) mass is 465 g/mol. The van der Waals surface area contributed by atoms with Gasteiger partial charge >= 0.3 is 0 Å². The maximum atomic E-state index is 12.8. The quantitative estimate of drug-likeness (QED) is 0.716. The second kappa shape index (κ2) is 12.8. The molecule has 2 heterocycles. The Kier molecular flexibility index (Phi) is 9.22. The van der Waals surface area contributed by atoms with Crippen molar-refractivity contribution in [2.45, 2.75) is 58.2 Å². The number of fused-ring (bicyclic) bond motifs is 1. The number of ether oxygens (including phenoxy) is 2. The van der Waals surface area contributed by atoms with Crippen molar-refractivity contribution in [3.8, 4) is 11.5 Å². The van der Waals surface area contributed by atoms with Crippen LogP contribution < -0.4 is 14.8 Å². The summed E-state index contributed by atoms with van der Waals surface area (Å²) in [5.74, 6) is 1.77. The average molecular weight is 466 g/mol. The first-order valence-corrected chi connectivity index (χ1v) is 12.9. The summed E-state index contributed by atoms with van der Waals surface area (Å²) in [6.07, 6.45) is 5.10. The smallest absolute Gasteiger partial charge is 0.234 e. The fraction of sp³-hybridized carbons (Fsp3) is 0.536. The first-order chi connectivity index (χ1) is 16.7. The van der Waals surface area contributed by atoms with Gasteiger partial charge in [-0.05, 0) is 63.7 Å². The van der Waals surface area contributed by atoms with E-state index in [-0.39, 0.29) is 5.91 Å². The minimum Gasteiger partial charge on any atom is -0.490 e. The lowest BCUT2D eigenvalue weighted by atomic mass is 10.0. The topological polar surface area (TPSA) is 54.0 Å². The van der Waals surface area contributed by atoms with E-state index in [1.807, 2.05) is 19.1 Å². The largest absolute Gasteiger partial charge is 0.490 e. The van der Waals surface area contributed by atoms with E-state index in [0.717, 1.165) is 75.3 Å². The number of nitrogens with one attached hydrogen (secondary N) is 1. The van der Waals surface area contributed by atoms with Gasteiger partial charge in [0.1, 0.15) is 0 Å². The Morgan fingerprint density at radius 1 is 1.00 bits per heavy atom. The van der Waals surface area contributed by atoms with Gasteiger partial charge in [-0.2, -0.15) is 0 Å². The second-order valence-corrected chi connectivity index (χ2v) is 9.33. The molecule has 1 saturated heterocycles. The molecule has 0 radical (unpaired) electrons.